The lowest BCUT2D eigenvalue weighted by molar-refractivity contribution is 0.0444. The highest BCUT2D eigenvalue weighted by Crippen LogP contribution is 2.38. The predicted octanol–water partition coefficient (Wildman–Crippen LogP) is 2.85. The molecule has 0 saturated heterocycles. The Morgan fingerprint density at radius 2 is 2.13 bits per heavy atom. The van der Waals surface area contributed by atoms with Gasteiger partial charge in [0.2, 0.25) is 0 Å². The Morgan fingerprint density at radius 1 is 1.47 bits per heavy atom. The highest BCUT2D eigenvalue weighted by molar-refractivity contribution is 6.30. The summed E-state index contributed by atoms with van der Waals surface area (Å²) in [4.78, 5) is 0. The van der Waals surface area contributed by atoms with Crippen LogP contribution >= 0.6 is 11.6 Å². The molecule has 0 heterocycles. The van der Waals surface area contributed by atoms with Crippen molar-refractivity contribution in [3.8, 4) is 0 Å². The molecule has 0 aromatic heterocycles. The largest absolute Gasteiger partial charge is 0.327 e. The highest BCUT2D eigenvalue weighted by Gasteiger charge is 2.42. The van der Waals surface area contributed by atoms with Gasteiger partial charge in [-0.2, -0.15) is 0 Å². The molecule has 2 N–H and O–H groups in total. The maximum absolute atomic E-state index is 13.9. The van der Waals surface area contributed by atoms with E-state index in [1.54, 1.807) is 6.07 Å². The Labute approximate surface area is 92.2 Å². The van der Waals surface area contributed by atoms with Gasteiger partial charge >= 0.3 is 0 Å². The van der Waals surface area contributed by atoms with Crippen molar-refractivity contribution < 1.29 is 8.78 Å². The maximum Gasteiger partial charge on any atom is 0.141 e. The van der Waals surface area contributed by atoms with Gasteiger partial charge in [-0.3, -0.25) is 0 Å². The van der Waals surface area contributed by atoms with Crippen LogP contribution in [0.2, 0.25) is 5.02 Å². The molecule has 2 rings (SSSR count). The van der Waals surface area contributed by atoms with Gasteiger partial charge < -0.3 is 5.73 Å². The minimum absolute atomic E-state index is 0.0362. The maximum atomic E-state index is 13.9. The fourth-order valence-corrected chi connectivity index (χ4v) is 2.24. The molecule has 1 aromatic carbocycles. The zero-order chi connectivity index (χ0) is 11.1. The van der Waals surface area contributed by atoms with Crippen LogP contribution in [0.1, 0.15) is 18.4 Å². The molecule has 1 fully saturated rings. The third kappa shape index (κ3) is 2.29. The van der Waals surface area contributed by atoms with Gasteiger partial charge in [0, 0.05) is 12.5 Å². The van der Waals surface area contributed by atoms with Crippen LogP contribution in [0.3, 0.4) is 0 Å². The fourth-order valence-electron chi connectivity index (χ4n) is 2.04. The lowest BCUT2D eigenvalue weighted by Crippen LogP contribution is -2.49. The van der Waals surface area contributed by atoms with Crippen molar-refractivity contribution in [2.24, 2.45) is 5.73 Å². The van der Waals surface area contributed by atoms with Gasteiger partial charge in [-0.05, 0) is 30.5 Å². The first-order valence-corrected chi connectivity index (χ1v) is 5.25. The van der Waals surface area contributed by atoms with Gasteiger partial charge in [-0.1, -0.05) is 17.7 Å². The summed E-state index contributed by atoms with van der Waals surface area (Å²) in [6.45, 7) is 0. The number of alkyl halides is 1. The zero-order valence-corrected chi connectivity index (χ0v) is 8.90. The summed E-state index contributed by atoms with van der Waals surface area (Å²) >= 11 is 5.61. The van der Waals surface area contributed by atoms with Crippen molar-refractivity contribution >= 4 is 11.6 Å². The summed E-state index contributed by atoms with van der Waals surface area (Å²) in [5.41, 5.74) is 5.03. The van der Waals surface area contributed by atoms with Gasteiger partial charge in [-0.25, -0.2) is 8.78 Å². The lowest BCUT2D eigenvalue weighted by Gasteiger charge is -2.39. The van der Waals surface area contributed by atoms with Gasteiger partial charge in [-0.15, -0.1) is 0 Å². The van der Waals surface area contributed by atoms with Crippen LogP contribution in [-0.4, -0.2) is 11.7 Å². The number of halogens is 3. The molecule has 1 aliphatic rings. The molecule has 15 heavy (non-hydrogen) atoms. The van der Waals surface area contributed by atoms with E-state index in [-0.39, 0.29) is 17.5 Å². The molecule has 1 saturated carbocycles. The first-order chi connectivity index (χ1) is 6.98. The average Bonchev–Trinajstić information content (AvgIpc) is 2.09. The van der Waals surface area contributed by atoms with Crippen molar-refractivity contribution in [3.05, 3.63) is 34.6 Å². The SMILES string of the molecule is NC1CC(F)(Cc2ccc(F)c(Cl)c2)C1. The second-order valence-electron chi connectivity index (χ2n) is 4.24. The molecule has 1 nitrogen and oxygen atoms in total. The Kier molecular flexibility index (Phi) is 2.69. The summed E-state index contributed by atoms with van der Waals surface area (Å²) in [6.07, 6.45) is 1.02. The molecule has 0 aliphatic heterocycles. The molecule has 4 heteroatoms. The first-order valence-electron chi connectivity index (χ1n) is 4.87. The Bertz CT molecular complexity index is 375. The second kappa shape index (κ2) is 3.72. The number of benzene rings is 1. The average molecular weight is 232 g/mol. The molecule has 0 spiro atoms. The summed E-state index contributed by atoms with van der Waals surface area (Å²) in [5, 5.41) is 0.0414. The van der Waals surface area contributed by atoms with Crippen LogP contribution in [-0.2, 0) is 6.42 Å². The number of rotatable bonds is 2. The molecule has 0 unspecified atom stereocenters. The normalized spacial score (nSPS) is 30.0. The fraction of sp³-hybridized carbons (Fsp3) is 0.455. The number of nitrogens with two attached hydrogens (primary N) is 1. The summed E-state index contributed by atoms with van der Waals surface area (Å²) < 4.78 is 26.7. The van der Waals surface area contributed by atoms with Gasteiger partial charge in [0.25, 0.3) is 0 Å². The number of hydrogen-bond donors (Lipinski definition) is 1. The van der Waals surface area contributed by atoms with Crippen LogP contribution in [0.25, 0.3) is 0 Å². The van der Waals surface area contributed by atoms with E-state index in [2.05, 4.69) is 0 Å². The van der Waals surface area contributed by atoms with Crippen molar-refractivity contribution in [1.82, 2.24) is 0 Å². The van der Waals surface area contributed by atoms with E-state index in [1.807, 2.05) is 0 Å². The Morgan fingerprint density at radius 3 is 2.67 bits per heavy atom. The van der Waals surface area contributed by atoms with E-state index < -0.39 is 11.5 Å². The first kappa shape index (κ1) is 10.8. The monoisotopic (exact) mass is 231 g/mol. The molecule has 0 atom stereocenters. The van der Waals surface area contributed by atoms with Gasteiger partial charge in [0.1, 0.15) is 11.5 Å². The summed E-state index contributed by atoms with van der Waals surface area (Å²) in [7, 11) is 0. The molecular formula is C11H12ClF2N. The standard InChI is InChI=1S/C11H12ClF2N/c12-9-3-7(1-2-10(9)13)4-11(14)5-8(15)6-11/h1-3,8H,4-6,15H2. The minimum Gasteiger partial charge on any atom is -0.327 e. The van der Waals surface area contributed by atoms with Crippen molar-refractivity contribution in [2.45, 2.75) is 31.0 Å². The van der Waals surface area contributed by atoms with Crippen molar-refractivity contribution in [2.75, 3.05) is 0 Å². The molecule has 0 radical (unpaired) electrons. The molecule has 0 amide bonds. The van der Waals surface area contributed by atoms with Crippen molar-refractivity contribution in [3.63, 3.8) is 0 Å². The van der Waals surface area contributed by atoms with E-state index >= 15 is 0 Å². The van der Waals surface area contributed by atoms with Crippen LogP contribution in [0.5, 0.6) is 0 Å². The molecule has 0 bridgehead atoms. The Hall–Kier alpha value is -0.670. The summed E-state index contributed by atoms with van der Waals surface area (Å²) in [6, 6.07) is 4.26. The molecule has 82 valence electrons. The summed E-state index contributed by atoms with van der Waals surface area (Å²) in [5.74, 6) is -0.473. The van der Waals surface area contributed by atoms with Crippen LogP contribution in [0.4, 0.5) is 8.78 Å². The molecule has 1 aromatic rings. The zero-order valence-electron chi connectivity index (χ0n) is 8.14. The number of hydrogen-bond acceptors (Lipinski definition) is 1. The predicted molar refractivity (Wildman–Crippen MR) is 56.2 cm³/mol. The quantitative estimate of drug-likeness (QED) is 0.832. The molecular weight excluding hydrogens is 220 g/mol. The van der Waals surface area contributed by atoms with E-state index in [0.717, 1.165) is 5.56 Å². The van der Waals surface area contributed by atoms with E-state index in [9.17, 15) is 8.78 Å². The van der Waals surface area contributed by atoms with Gasteiger partial charge in [0.05, 0.1) is 5.02 Å². The van der Waals surface area contributed by atoms with E-state index in [1.165, 1.54) is 12.1 Å². The topological polar surface area (TPSA) is 26.0 Å². The highest BCUT2D eigenvalue weighted by atomic mass is 35.5. The van der Waals surface area contributed by atoms with Crippen LogP contribution in [0.15, 0.2) is 18.2 Å². The molecule has 1 aliphatic carbocycles. The van der Waals surface area contributed by atoms with Gasteiger partial charge in [0.15, 0.2) is 0 Å². The van der Waals surface area contributed by atoms with E-state index in [0.29, 0.717) is 12.8 Å². The smallest absolute Gasteiger partial charge is 0.141 e. The van der Waals surface area contributed by atoms with Crippen LogP contribution in [0, 0.1) is 5.82 Å². The van der Waals surface area contributed by atoms with E-state index in [4.69, 9.17) is 17.3 Å². The van der Waals surface area contributed by atoms with Crippen molar-refractivity contribution in [1.29, 1.82) is 0 Å². The second-order valence-corrected chi connectivity index (χ2v) is 4.65. The Balaban J connectivity index is 2.08. The lowest BCUT2D eigenvalue weighted by atomic mass is 9.74. The minimum atomic E-state index is -1.22. The third-order valence-corrected chi connectivity index (χ3v) is 3.05. The third-order valence-electron chi connectivity index (χ3n) is 2.76. The van der Waals surface area contributed by atoms with Crippen LogP contribution < -0.4 is 5.73 Å².